The molecule has 70 valence electrons. The van der Waals surface area contributed by atoms with Gasteiger partial charge in [-0.1, -0.05) is 40.2 Å². The van der Waals surface area contributed by atoms with Crippen molar-refractivity contribution < 1.29 is 0 Å². The summed E-state index contributed by atoms with van der Waals surface area (Å²) < 4.78 is 0. The fourth-order valence-electron chi connectivity index (χ4n) is 1.91. The number of rotatable bonds is 1. The lowest BCUT2D eigenvalue weighted by molar-refractivity contribution is 0.490. The van der Waals surface area contributed by atoms with E-state index >= 15 is 0 Å². The molecule has 1 aromatic rings. The molecule has 0 spiro atoms. The van der Waals surface area contributed by atoms with Crippen LogP contribution in [0.5, 0.6) is 0 Å². The number of nitrogens with one attached hydrogen (secondary N) is 1. The lowest BCUT2D eigenvalue weighted by atomic mass is 9.88. The second-order valence-corrected chi connectivity index (χ2v) is 4.57. The van der Waals surface area contributed by atoms with Crippen LogP contribution in [0.1, 0.15) is 23.6 Å². The summed E-state index contributed by atoms with van der Waals surface area (Å²) in [5.41, 5.74) is 5.61. The lowest BCUT2D eigenvalue weighted by Crippen LogP contribution is -2.37. The normalized spacial score (nSPS) is 26.9. The largest absolute Gasteiger partial charge is 0.271 e. The minimum Gasteiger partial charge on any atom is -0.271 e. The van der Waals surface area contributed by atoms with Crippen molar-refractivity contribution >= 4 is 15.9 Å². The van der Waals surface area contributed by atoms with Crippen LogP contribution in [-0.4, -0.2) is 4.83 Å². The molecule has 0 radical (unpaired) electrons. The van der Waals surface area contributed by atoms with Crippen LogP contribution in [0.4, 0.5) is 0 Å². The third kappa shape index (κ3) is 1.64. The highest BCUT2D eigenvalue weighted by Gasteiger charge is 2.25. The molecule has 0 saturated heterocycles. The Hall–Kier alpha value is -0.380. The van der Waals surface area contributed by atoms with Gasteiger partial charge in [-0.05, 0) is 24.0 Å². The molecule has 0 aromatic heterocycles. The second-order valence-electron chi connectivity index (χ2n) is 3.40. The molecular formula is C10H13BrN2. The minimum absolute atomic E-state index is 0.255. The first-order valence-corrected chi connectivity index (χ1v) is 5.42. The van der Waals surface area contributed by atoms with Crippen LogP contribution >= 0.6 is 15.9 Å². The summed E-state index contributed by atoms with van der Waals surface area (Å²) in [7, 11) is 0. The van der Waals surface area contributed by atoms with Gasteiger partial charge in [0.15, 0.2) is 0 Å². The van der Waals surface area contributed by atoms with E-state index in [1.165, 1.54) is 11.1 Å². The van der Waals surface area contributed by atoms with Crippen molar-refractivity contribution in [1.82, 2.24) is 5.43 Å². The average Bonchev–Trinajstić information content (AvgIpc) is 2.18. The lowest BCUT2D eigenvalue weighted by Gasteiger charge is -2.29. The summed E-state index contributed by atoms with van der Waals surface area (Å²) in [4.78, 5) is 0.451. The van der Waals surface area contributed by atoms with Gasteiger partial charge >= 0.3 is 0 Å². The molecular weight excluding hydrogens is 228 g/mol. The molecule has 2 nitrogen and oxygen atoms in total. The monoisotopic (exact) mass is 240 g/mol. The van der Waals surface area contributed by atoms with Crippen molar-refractivity contribution in [2.75, 3.05) is 0 Å². The summed E-state index contributed by atoms with van der Waals surface area (Å²) in [6, 6.07) is 8.73. The molecule has 3 N–H and O–H groups in total. The zero-order chi connectivity index (χ0) is 9.26. The number of hydrazine groups is 1. The van der Waals surface area contributed by atoms with Crippen LogP contribution < -0.4 is 11.3 Å². The SMILES string of the molecule is NN[C@H]1c2ccccc2CC[C@@H]1Br. The number of nitrogens with two attached hydrogens (primary N) is 1. The fraction of sp³-hybridized carbons (Fsp3) is 0.400. The molecule has 0 bridgehead atoms. The van der Waals surface area contributed by atoms with E-state index in [9.17, 15) is 0 Å². The molecule has 2 rings (SSSR count). The third-order valence-electron chi connectivity index (χ3n) is 2.62. The van der Waals surface area contributed by atoms with E-state index in [2.05, 4.69) is 45.6 Å². The first-order chi connectivity index (χ1) is 6.33. The topological polar surface area (TPSA) is 38.0 Å². The standard InChI is InChI=1S/C10H13BrN2/c11-9-6-5-7-3-1-2-4-8(7)10(9)13-12/h1-4,9-10,13H,5-6,12H2/t9-,10-/m0/s1. The number of hydrogen-bond donors (Lipinski definition) is 2. The van der Waals surface area contributed by atoms with Gasteiger partial charge in [0.05, 0.1) is 6.04 Å². The number of hydrogen-bond acceptors (Lipinski definition) is 2. The van der Waals surface area contributed by atoms with Crippen LogP contribution in [0.15, 0.2) is 24.3 Å². The first kappa shape index (κ1) is 9.19. The third-order valence-corrected chi connectivity index (χ3v) is 3.61. The molecule has 1 aromatic carbocycles. The summed E-state index contributed by atoms with van der Waals surface area (Å²) in [5, 5.41) is 0. The first-order valence-electron chi connectivity index (χ1n) is 4.51. The molecule has 0 heterocycles. The minimum atomic E-state index is 0.255. The predicted octanol–water partition coefficient (Wildman–Crippen LogP) is 1.90. The molecule has 3 heteroatoms. The van der Waals surface area contributed by atoms with Crippen LogP contribution in [0, 0.1) is 0 Å². The van der Waals surface area contributed by atoms with Crippen LogP contribution in [-0.2, 0) is 6.42 Å². The summed E-state index contributed by atoms with van der Waals surface area (Å²) in [6.45, 7) is 0. The molecule has 0 amide bonds. The highest BCUT2D eigenvalue weighted by Crippen LogP contribution is 2.33. The molecule has 1 aliphatic rings. The summed E-state index contributed by atoms with van der Waals surface area (Å²) in [6.07, 6.45) is 2.29. The van der Waals surface area contributed by atoms with Crippen molar-refractivity contribution in [2.45, 2.75) is 23.7 Å². The van der Waals surface area contributed by atoms with Gasteiger partial charge in [-0.15, -0.1) is 0 Å². The van der Waals surface area contributed by atoms with Gasteiger partial charge in [0.2, 0.25) is 0 Å². The van der Waals surface area contributed by atoms with Gasteiger partial charge in [0.1, 0.15) is 0 Å². The maximum atomic E-state index is 5.53. The van der Waals surface area contributed by atoms with E-state index in [1.807, 2.05) is 0 Å². The molecule has 0 fully saturated rings. The van der Waals surface area contributed by atoms with Gasteiger partial charge in [-0.25, -0.2) is 0 Å². The Bertz CT molecular complexity index is 301. The van der Waals surface area contributed by atoms with Crippen molar-refractivity contribution in [3.63, 3.8) is 0 Å². The average molecular weight is 241 g/mol. The van der Waals surface area contributed by atoms with E-state index in [0.29, 0.717) is 4.83 Å². The Morgan fingerprint density at radius 3 is 2.92 bits per heavy atom. The quantitative estimate of drug-likeness (QED) is 0.447. The Balaban J connectivity index is 2.39. The Labute approximate surface area is 86.6 Å². The molecule has 0 unspecified atom stereocenters. The van der Waals surface area contributed by atoms with Crippen molar-refractivity contribution in [3.05, 3.63) is 35.4 Å². The number of alkyl halides is 1. The molecule has 13 heavy (non-hydrogen) atoms. The maximum Gasteiger partial charge on any atom is 0.0587 e. The Morgan fingerprint density at radius 2 is 2.15 bits per heavy atom. The summed E-state index contributed by atoms with van der Waals surface area (Å²) in [5.74, 6) is 5.53. The van der Waals surface area contributed by atoms with Gasteiger partial charge < -0.3 is 0 Å². The molecule has 2 atom stereocenters. The highest BCUT2D eigenvalue weighted by atomic mass is 79.9. The van der Waals surface area contributed by atoms with E-state index in [-0.39, 0.29) is 6.04 Å². The van der Waals surface area contributed by atoms with Gasteiger partial charge in [-0.2, -0.15) is 0 Å². The number of fused-ring (bicyclic) bond motifs is 1. The predicted molar refractivity (Wildman–Crippen MR) is 57.5 cm³/mol. The smallest absolute Gasteiger partial charge is 0.0587 e. The summed E-state index contributed by atoms with van der Waals surface area (Å²) >= 11 is 3.64. The van der Waals surface area contributed by atoms with Crippen molar-refractivity contribution in [2.24, 2.45) is 5.84 Å². The van der Waals surface area contributed by atoms with Crippen LogP contribution in [0.25, 0.3) is 0 Å². The van der Waals surface area contributed by atoms with Crippen molar-refractivity contribution in [1.29, 1.82) is 0 Å². The van der Waals surface area contributed by atoms with Crippen LogP contribution in [0.3, 0.4) is 0 Å². The van der Waals surface area contributed by atoms with E-state index in [1.54, 1.807) is 0 Å². The fourth-order valence-corrected chi connectivity index (χ4v) is 2.58. The van der Waals surface area contributed by atoms with Crippen LogP contribution in [0.2, 0.25) is 0 Å². The molecule has 1 aliphatic carbocycles. The highest BCUT2D eigenvalue weighted by molar-refractivity contribution is 9.09. The molecule has 0 saturated carbocycles. The van der Waals surface area contributed by atoms with E-state index in [0.717, 1.165) is 12.8 Å². The Kier molecular flexibility index (Phi) is 2.67. The number of halogens is 1. The van der Waals surface area contributed by atoms with Gasteiger partial charge in [0, 0.05) is 4.83 Å². The maximum absolute atomic E-state index is 5.53. The van der Waals surface area contributed by atoms with E-state index in [4.69, 9.17) is 5.84 Å². The zero-order valence-corrected chi connectivity index (χ0v) is 8.92. The molecule has 0 aliphatic heterocycles. The zero-order valence-electron chi connectivity index (χ0n) is 7.33. The number of aryl methyl sites for hydroxylation is 1. The van der Waals surface area contributed by atoms with Gasteiger partial charge in [-0.3, -0.25) is 11.3 Å². The van der Waals surface area contributed by atoms with Crippen molar-refractivity contribution in [3.8, 4) is 0 Å². The second kappa shape index (κ2) is 3.78. The van der Waals surface area contributed by atoms with Gasteiger partial charge in [0.25, 0.3) is 0 Å². The van der Waals surface area contributed by atoms with E-state index < -0.39 is 0 Å². The Morgan fingerprint density at radius 1 is 1.38 bits per heavy atom. The number of benzene rings is 1.